The molecule has 0 aliphatic rings. The Kier molecular flexibility index (Phi) is 5.71. The van der Waals surface area contributed by atoms with Crippen molar-refractivity contribution in [1.82, 2.24) is 4.83 Å². The van der Waals surface area contributed by atoms with Crippen LogP contribution in [-0.4, -0.2) is 36.0 Å². The number of hydrogen-bond donors (Lipinski definition) is 2. The maximum Gasteiger partial charge on any atom is 0.276 e. The molecule has 0 spiro atoms. The molecule has 0 atom stereocenters. The van der Waals surface area contributed by atoms with Crippen molar-refractivity contribution in [2.75, 3.05) is 27.1 Å². The largest absolute Gasteiger partial charge is 0.493 e. The van der Waals surface area contributed by atoms with Crippen LogP contribution in [0.3, 0.4) is 0 Å². The summed E-state index contributed by atoms with van der Waals surface area (Å²) in [5.41, 5.74) is 6.58. The third-order valence-electron chi connectivity index (χ3n) is 3.26. The standard InChI is InChI=1S/C16H19N3O5S/c1-22-14-8-11(9-15(23-2)16(14)24-3)10-18-19-25(20,21)13-6-4-12(17)5-7-13/h4-10,19H,17H2,1-3H3. The number of nitrogens with two attached hydrogens (primary N) is 1. The van der Waals surface area contributed by atoms with Crippen LogP contribution in [0.4, 0.5) is 5.69 Å². The molecule has 0 fully saturated rings. The third-order valence-corrected chi connectivity index (χ3v) is 4.50. The Labute approximate surface area is 146 Å². The second-order valence-corrected chi connectivity index (χ2v) is 6.54. The maximum atomic E-state index is 12.1. The molecular weight excluding hydrogens is 346 g/mol. The molecule has 0 amide bonds. The van der Waals surface area contributed by atoms with Crippen LogP contribution in [0, 0.1) is 0 Å². The monoisotopic (exact) mass is 365 g/mol. The first kappa shape index (κ1) is 18.4. The van der Waals surface area contributed by atoms with Crippen molar-refractivity contribution in [3.8, 4) is 17.2 Å². The van der Waals surface area contributed by atoms with Gasteiger partial charge in [0.2, 0.25) is 5.75 Å². The number of anilines is 1. The van der Waals surface area contributed by atoms with Crippen molar-refractivity contribution in [2.24, 2.45) is 5.10 Å². The molecule has 0 unspecified atom stereocenters. The Hall–Kier alpha value is -2.94. The van der Waals surface area contributed by atoms with Crippen LogP contribution in [0.1, 0.15) is 5.56 Å². The number of hydrazone groups is 1. The van der Waals surface area contributed by atoms with Gasteiger partial charge < -0.3 is 19.9 Å². The zero-order valence-electron chi connectivity index (χ0n) is 14.0. The fourth-order valence-electron chi connectivity index (χ4n) is 2.05. The summed E-state index contributed by atoms with van der Waals surface area (Å²) in [6, 6.07) is 9.07. The molecule has 2 aromatic rings. The van der Waals surface area contributed by atoms with Gasteiger partial charge in [-0.25, -0.2) is 4.83 Å². The van der Waals surface area contributed by atoms with Crippen LogP contribution in [0.2, 0.25) is 0 Å². The van der Waals surface area contributed by atoms with Crippen LogP contribution >= 0.6 is 0 Å². The van der Waals surface area contributed by atoms with Crippen LogP contribution in [-0.2, 0) is 10.0 Å². The molecule has 0 heterocycles. The molecule has 0 bridgehead atoms. The number of hydrogen-bond acceptors (Lipinski definition) is 7. The average Bonchev–Trinajstić information content (AvgIpc) is 2.61. The van der Waals surface area contributed by atoms with Gasteiger partial charge in [0.1, 0.15) is 0 Å². The molecule has 0 aliphatic heterocycles. The lowest BCUT2D eigenvalue weighted by Crippen LogP contribution is -2.18. The molecule has 134 valence electrons. The van der Waals surface area contributed by atoms with Gasteiger partial charge in [0.15, 0.2) is 11.5 Å². The highest BCUT2D eigenvalue weighted by atomic mass is 32.2. The van der Waals surface area contributed by atoms with Gasteiger partial charge in [-0.15, -0.1) is 0 Å². The Morgan fingerprint density at radius 1 is 1.00 bits per heavy atom. The molecule has 3 N–H and O–H groups in total. The molecule has 2 rings (SSSR count). The fraction of sp³-hybridized carbons (Fsp3) is 0.188. The molecular formula is C16H19N3O5S. The molecule has 0 saturated carbocycles. The number of nitrogen functional groups attached to an aromatic ring is 1. The maximum absolute atomic E-state index is 12.1. The van der Waals surface area contributed by atoms with Gasteiger partial charge in [0.05, 0.1) is 32.4 Å². The predicted octanol–water partition coefficient (Wildman–Crippen LogP) is 1.61. The lowest BCUT2D eigenvalue weighted by Gasteiger charge is -2.12. The van der Waals surface area contributed by atoms with Crippen molar-refractivity contribution in [3.05, 3.63) is 42.0 Å². The number of nitrogens with zero attached hydrogens (tertiary/aromatic N) is 1. The first-order valence-corrected chi connectivity index (χ1v) is 8.60. The fourth-order valence-corrected chi connectivity index (χ4v) is 2.84. The molecule has 25 heavy (non-hydrogen) atoms. The summed E-state index contributed by atoms with van der Waals surface area (Å²) in [5.74, 6) is 1.30. The van der Waals surface area contributed by atoms with Gasteiger partial charge in [0, 0.05) is 11.3 Å². The van der Waals surface area contributed by atoms with Crippen molar-refractivity contribution in [2.45, 2.75) is 4.90 Å². The van der Waals surface area contributed by atoms with E-state index in [1.54, 1.807) is 12.1 Å². The topological polar surface area (TPSA) is 112 Å². The molecule has 0 saturated heterocycles. The number of rotatable bonds is 7. The summed E-state index contributed by atoms with van der Waals surface area (Å²) in [6.45, 7) is 0. The van der Waals surface area contributed by atoms with Crippen LogP contribution in [0.5, 0.6) is 17.2 Å². The van der Waals surface area contributed by atoms with E-state index in [0.29, 0.717) is 28.5 Å². The summed E-state index contributed by atoms with van der Waals surface area (Å²) in [6.07, 6.45) is 1.33. The van der Waals surface area contributed by atoms with Gasteiger partial charge in [-0.05, 0) is 36.4 Å². The van der Waals surface area contributed by atoms with Gasteiger partial charge in [0.25, 0.3) is 10.0 Å². The zero-order chi connectivity index (χ0) is 18.4. The predicted molar refractivity (Wildman–Crippen MR) is 94.9 cm³/mol. The van der Waals surface area contributed by atoms with Crippen molar-refractivity contribution in [1.29, 1.82) is 0 Å². The van der Waals surface area contributed by atoms with Gasteiger partial charge in [-0.3, -0.25) is 0 Å². The lowest BCUT2D eigenvalue weighted by molar-refractivity contribution is 0.324. The van der Waals surface area contributed by atoms with E-state index in [1.165, 1.54) is 51.8 Å². The summed E-state index contributed by atoms with van der Waals surface area (Å²) >= 11 is 0. The molecule has 0 radical (unpaired) electrons. The SMILES string of the molecule is COc1cc(C=NNS(=O)(=O)c2ccc(N)cc2)cc(OC)c1OC. The number of benzene rings is 2. The number of nitrogens with one attached hydrogen (secondary N) is 1. The highest BCUT2D eigenvalue weighted by Crippen LogP contribution is 2.37. The number of ether oxygens (including phenoxy) is 3. The van der Waals surface area contributed by atoms with E-state index in [-0.39, 0.29) is 4.90 Å². The Morgan fingerprint density at radius 2 is 1.56 bits per heavy atom. The minimum atomic E-state index is -3.78. The molecule has 9 heteroatoms. The second-order valence-electron chi connectivity index (χ2n) is 4.88. The summed E-state index contributed by atoms with van der Waals surface area (Å²) in [5, 5.41) is 3.77. The number of sulfonamides is 1. The second kappa shape index (κ2) is 7.75. The first-order chi connectivity index (χ1) is 11.9. The van der Waals surface area contributed by atoms with Crippen LogP contribution in [0.15, 0.2) is 46.4 Å². The third kappa shape index (κ3) is 4.32. The number of methoxy groups -OCH3 is 3. The quantitative estimate of drug-likeness (QED) is 0.438. The summed E-state index contributed by atoms with van der Waals surface area (Å²) < 4.78 is 40.0. The van der Waals surface area contributed by atoms with Crippen molar-refractivity contribution >= 4 is 21.9 Å². The zero-order valence-corrected chi connectivity index (χ0v) is 14.8. The van der Waals surface area contributed by atoms with Crippen LogP contribution in [0.25, 0.3) is 0 Å². The van der Waals surface area contributed by atoms with E-state index in [2.05, 4.69) is 9.93 Å². The van der Waals surface area contributed by atoms with E-state index in [0.717, 1.165) is 0 Å². The molecule has 0 aliphatic carbocycles. The van der Waals surface area contributed by atoms with E-state index in [1.807, 2.05) is 0 Å². The van der Waals surface area contributed by atoms with E-state index < -0.39 is 10.0 Å². The van der Waals surface area contributed by atoms with Gasteiger partial charge in [-0.2, -0.15) is 13.5 Å². The highest BCUT2D eigenvalue weighted by Gasteiger charge is 2.14. The summed E-state index contributed by atoms with van der Waals surface area (Å²) in [7, 11) is 0.689. The molecule has 0 aromatic heterocycles. The first-order valence-electron chi connectivity index (χ1n) is 7.11. The van der Waals surface area contributed by atoms with E-state index in [9.17, 15) is 8.42 Å². The minimum absolute atomic E-state index is 0.0590. The van der Waals surface area contributed by atoms with Gasteiger partial charge >= 0.3 is 0 Å². The smallest absolute Gasteiger partial charge is 0.276 e. The van der Waals surface area contributed by atoms with Gasteiger partial charge in [-0.1, -0.05) is 0 Å². The molecule has 2 aromatic carbocycles. The lowest BCUT2D eigenvalue weighted by atomic mass is 10.2. The average molecular weight is 365 g/mol. The van der Waals surface area contributed by atoms with Crippen molar-refractivity contribution < 1.29 is 22.6 Å². The Bertz CT molecular complexity index is 839. The summed E-state index contributed by atoms with van der Waals surface area (Å²) in [4.78, 5) is 2.19. The van der Waals surface area contributed by atoms with Crippen LogP contribution < -0.4 is 24.8 Å². The van der Waals surface area contributed by atoms with E-state index >= 15 is 0 Å². The highest BCUT2D eigenvalue weighted by molar-refractivity contribution is 7.89. The normalized spacial score (nSPS) is 11.3. The molecule has 8 nitrogen and oxygen atoms in total. The Balaban J connectivity index is 2.23. The Morgan fingerprint density at radius 3 is 2.04 bits per heavy atom. The minimum Gasteiger partial charge on any atom is -0.493 e. The van der Waals surface area contributed by atoms with E-state index in [4.69, 9.17) is 19.9 Å². The van der Waals surface area contributed by atoms with Crippen molar-refractivity contribution in [3.63, 3.8) is 0 Å².